The Morgan fingerprint density at radius 3 is 2.43 bits per heavy atom. The van der Waals surface area contributed by atoms with E-state index in [4.69, 9.17) is 0 Å². The summed E-state index contributed by atoms with van der Waals surface area (Å²) in [6, 6.07) is 9.83. The largest absolute Gasteiger partial charge is 0.337 e. The molecule has 2 aromatic carbocycles. The van der Waals surface area contributed by atoms with Crippen LogP contribution in [0.25, 0.3) is 5.69 Å². The minimum Gasteiger partial charge on any atom is -0.337 e. The van der Waals surface area contributed by atoms with Crippen LogP contribution in [0.1, 0.15) is 0 Å². The summed E-state index contributed by atoms with van der Waals surface area (Å²) in [6.45, 7) is -0.188. The van der Waals surface area contributed by atoms with Crippen LogP contribution in [0.2, 0.25) is 0 Å². The summed E-state index contributed by atoms with van der Waals surface area (Å²) in [5, 5.41) is 8.52. The van der Waals surface area contributed by atoms with Gasteiger partial charge in [0.05, 0.1) is 5.75 Å². The maximum absolute atomic E-state index is 13.8. The highest BCUT2D eigenvalue weighted by molar-refractivity contribution is 7.92. The van der Waals surface area contributed by atoms with Gasteiger partial charge in [0.2, 0.25) is 10.0 Å². The van der Waals surface area contributed by atoms with E-state index in [1.807, 2.05) is 0 Å². The second-order valence-electron chi connectivity index (χ2n) is 6.03. The minimum atomic E-state index is -3.67. The zero-order valence-electron chi connectivity index (χ0n) is 15.3. The van der Waals surface area contributed by atoms with E-state index >= 15 is 0 Å². The number of hydrogen-bond donors (Lipinski definition) is 3. The van der Waals surface area contributed by atoms with Gasteiger partial charge in [0.25, 0.3) is 0 Å². The average Bonchev–Trinajstić information content (AvgIpc) is 3.13. The summed E-state index contributed by atoms with van der Waals surface area (Å²) >= 11 is 0. The molecule has 30 heavy (non-hydrogen) atoms. The number of carbonyl (C=O) groups excluding carboxylic acids is 1. The Morgan fingerprint density at radius 2 is 1.70 bits per heavy atom. The molecule has 0 aliphatic rings. The van der Waals surface area contributed by atoms with Crippen molar-refractivity contribution < 1.29 is 26.4 Å². The van der Waals surface area contributed by atoms with Crippen molar-refractivity contribution in [1.82, 2.24) is 15.1 Å². The molecule has 0 fully saturated rings. The molecule has 12 heteroatoms. The van der Waals surface area contributed by atoms with Crippen LogP contribution in [0.4, 0.5) is 29.5 Å². The van der Waals surface area contributed by atoms with Crippen molar-refractivity contribution in [3.63, 3.8) is 0 Å². The Hall–Kier alpha value is -3.54. The van der Waals surface area contributed by atoms with Gasteiger partial charge in [-0.15, -0.1) is 5.10 Å². The number of para-hydroxylation sites is 1. The van der Waals surface area contributed by atoms with E-state index in [2.05, 4.69) is 20.5 Å². The number of nitrogens with one attached hydrogen (secondary N) is 3. The van der Waals surface area contributed by atoms with Crippen molar-refractivity contribution in [3.05, 3.63) is 72.2 Å². The number of aromatic nitrogens is 2. The minimum absolute atomic E-state index is 0.0121. The van der Waals surface area contributed by atoms with Gasteiger partial charge in [0.15, 0.2) is 23.3 Å². The molecule has 1 heterocycles. The zero-order chi connectivity index (χ0) is 21.7. The number of benzene rings is 2. The summed E-state index contributed by atoms with van der Waals surface area (Å²) in [5.41, 5.74) is 0.0531. The normalized spacial score (nSPS) is 11.2. The fourth-order valence-corrected chi connectivity index (χ4v) is 3.38. The Bertz CT molecular complexity index is 1150. The Morgan fingerprint density at radius 1 is 1.00 bits per heavy atom. The SMILES string of the molecule is O=C(NCCS(=O)(=O)Nc1ccccc1)Nc1ccn(-c2cc(F)c(F)cc2F)n1. The molecule has 8 nitrogen and oxygen atoms in total. The quantitative estimate of drug-likeness (QED) is 0.493. The lowest BCUT2D eigenvalue weighted by molar-refractivity contribution is 0.252. The van der Waals surface area contributed by atoms with E-state index < -0.39 is 33.5 Å². The Kier molecular flexibility index (Phi) is 6.26. The zero-order valence-corrected chi connectivity index (χ0v) is 16.1. The first kappa shape index (κ1) is 21.2. The highest BCUT2D eigenvalue weighted by Gasteiger charge is 2.14. The Balaban J connectivity index is 1.53. The van der Waals surface area contributed by atoms with Crippen LogP contribution in [0.15, 0.2) is 54.7 Å². The maximum atomic E-state index is 13.8. The fourth-order valence-electron chi connectivity index (χ4n) is 2.41. The molecule has 0 spiro atoms. The van der Waals surface area contributed by atoms with Crippen molar-refractivity contribution in [2.24, 2.45) is 0 Å². The molecular formula is C18H16F3N5O3S. The molecule has 0 saturated carbocycles. The molecule has 0 aliphatic carbocycles. The van der Waals surface area contributed by atoms with Crippen LogP contribution in [0.3, 0.4) is 0 Å². The molecule has 2 amide bonds. The number of carbonyl (C=O) groups is 1. The number of sulfonamides is 1. The van der Waals surface area contributed by atoms with E-state index in [0.29, 0.717) is 17.8 Å². The highest BCUT2D eigenvalue weighted by atomic mass is 32.2. The van der Waals surface area contributed by atoms with E-state index in [1.54, 1.807) is 30.3 Å². The number of rotatable bonds is 7. The predicted molar refractivity (Wildman–Crippen MR) is 104 cm³/mol. The van der Waals surface area contributed by atoms with Gasteiger partial charge in [-0.1, -0.05) is 18.2 Å². The topological polar surface area (TPSA) is 105 Å². The van der Waals surface area contributed by atoms with E-state index in [9.17, 15) is 26.4 Å². The van der Waals surface area contributed by atoms with Crippen LogP contribution in [0.5, 0.6) is 0 Å². The van der Waals surface area contributed by atoms with Crippen molar-refractivity contribution >= 4 is 27.6 Å². The van der Waals surface area contributed by atoms with Gasteiger partial charge in [-0.25, -0.2) is 31.1 Å². The van der Waals surface area contributed by atoms with E-state index in [-0.39, 0.29) is 23.8 Å². The molecular weight excluding hydrogens is 423 g/mol. The molecule has 1 aromatic heterocycles. The maximum Gasteiger partial charge on any atom is 0.320 e. The number of anilines is 2. The summed E-state index contributed by atoms with van der Waals surface area (Å²) in [7, 11) is -3.67. The first-order valence-electron chi connectivity index (χ1n) is 8.54. The third kappa shape index (κ3) is 5.50. The van der Waals surface area contributed by atoms with Crippen LogP contribution >= 0.6 is 0 Å². The van der Waals surface area contributed by atoms with Crippen molar-refractivity contribution in [2.45, 2.75) is 0 Å². The van der Waals surface area contributed by atoms with Gasteiger partial charge >= 0.3 is 6.03 Å². The monoisotopic (exact) mass is 439 g/mol. The molecule has 3 rings (SSSR count). The van der Waals surface area contributed by atoms with Gasteiger partial charge in [-0.3, -0.25) is 10.0 Å². The number of halogens is 3. The molecule has 0 bridgehead atoms. The molecule has 0 saturated heterocycles. The summed E-state index contributed by atoms with van der Waals surface area (Å²) < 4.78 is 67.4. The number of nitrogens with zero attached hydrogens (tertiary/aromatic N) is 2. The standard InChI is InChI=1S/C18H16F3N5O3S/c19-13-10-15(21)16(11-14(13)20)26-8-6-17(24-26)23-18(27)22-7-9-30(28,29)25-12-4-2-1-3-5-12/h1-6,8,10-11,25H,7,9H2,(H2,22,23,24,27). The van der Waals surface area contributed by atoms with Crippen LogP contribution < -0.4 is 15.4 Å². The Labute approximate surface area is 169 Å². The number of amides is 2. The van der Waals surface area contributed by atoms with Gasteiger partial charge in [0, 0.05) is 36.6 Å². The van der Waals surface area contributed by atoms with E-state index in [0.717, 1.165) is 4.68 Å². The van der Waals surface area contributed by atoms with Crippen molar-refractivity contribution in [3.8, 4) is 5.69 Å². The first-order chi connectivity index (χ1) is 14.2. The van der Waals surface area contributed by atoms with Gasteiger partial charge in [-0.05, 0) is 12.1 Å². The fraction of sp³-hybridized carbons (Fsp3) is 0.111. The third-order valence-electron chi connectivity index (χ3n) is 3.77. The van der Waals surface area contributed by atoms with Crippen molar-refractivity contribution in [2.75, 3.05) is 22.3 Å². The lowest BCUT2D eigenvalue weighted by atomic mass is 10.3. The van der Waals surface area contributed by atoms with Gasteiger partial charge < -0.3 is 5.32 Å². The number of hydrogen-bond acceptors (Lipinski definition) is 4. The third-order valence-corrected chi connectivity index (χ3v) is 5.06. The summed E-state index contributed by atoms with van der Waals surface area (Å²) in [6.07, 6.45) is 1.24. The highest BCUT2D eigenvalue weighted by Crippen LogP contribution is 2.18. The molecule has 0 unspecified atom stereocenters. The summed E-state index contributed by atoms with van der Waals surface area (Å²) in [4.78, 5) is 11.9. The average molecular weight is 439 g/mol. The molecule has 3 aromatic rings. The van der Waals surface area contributed by atoms with E-state index in [1.165, 1.54) is 12.3 Å². The molecule has 0 radical (unpaired) electrons. The van der Waals surface area contributed by atoms with Crippen LogP contribution in [-0.4, -0.2) is 36.5 Å². The second-order valence-corrected chi connectivity index (χ2v) is 7.87. The predicted octanol–water partition coefficient (Wildman–Crippen LogP) is 2.85. The summed E-state index contributed by atoms with van der Waals surface area (Å²) in [5.74, 6) is -4.01. The lowest BCUT2D eigenvalue weighted by Crippen LogP contribution is -2.34. The lowest BCUT2D eigenvalue weighted by Gasteiger charge is -2.09. The van der Waals surface area contributed by atoms with Crippen molar-refractivity contribution in [1.29, 1.82) is 0 Å². The van der Waals surface area contributed by atoms with Gasteiger partial charge in [0.1, 0.15) is 5.69 Å². The molecule has 3 N–H and O–H groups in total. The van der Waals surface area contributed by atoms with Crippen LogP contribution in [-0.2, 0) is 10.0 Å². The molecule has 158 valence electrons. The molecule has 0 atom stereocenters. The van der Waals surface area contributed by atoms with Gasteiger partial charge in [-0.2, -0.15) is 0 Å². The molecule has 0 aliphatic heterocycles. The smallest absolute Gasteiger partial charge is 0.320 e. The second kappa shape index (κ2) is 8.86. The number of urea groups is 1. The van der Waals surface area contributed by atoms with Crippen LogP contribution in [0, 0.1) is 17.5 Å². The first-order valence-corrected chi connectivity index (χ1v) is 10.2.